The molecule has 0 bridgehead atoms. The maximum absolute atomic E-state index is 11.7. The molecule has 0 aliphatic carbocycles. The fraction of sp³-hybridized carbons (Fsp3) is 0.211. The fourth-order valence-corrected chi connectivity index (χ4v) is 2.50. The first kappa shape index (κ1) is 15.9. The molecule has 0 unspecified atom stereocenters. The molecule has 3 aromatic rings. The Labute approximate surface area is 139 Å². The molecule has 2 aromatic carbocycles. The van der Waals surface area contributed by atoms with Gasteiger partial charge in [0.2, 0.25) is 0 Å². The van der Waals surface area contributed by atoms with Crippen molar-refractivity contribution in [2.24, 2.45) is 0 Å². The lowest BCUT2D eigenvalue weighted by atomic mass is 10.1. The quantitative estimate of drug-likeness (QED) is 0.697. The number of furan rings is 1. The van der Waals surface area contributed by atoms with E-state index in [2.05, 4.69) is 0 Å². The Hall–Kier alpha value is -2.95. The summed E-state index contributed by atoms with van der Waals surface area (Å²) in [5.74, 6) is 0.514. The predicted octanol–water partition coefficient (Wildman–Crippen LogP) is 3.82. The van der Waals surface area contributed by atoms with Gasteiger partial charge in [0.25, 0.3) is 0 Å². The lowest BCUT2D eigenvalue weighted by molar-refractivity contribution is -0.142. The van der Waals surface area contributed by atoms with E-state index in [1.165, 1.54) is 0 Å². The molecule has 1 heterocycles. The van der Waals surface area contributed by atoms with Crippen molar-refractivity contribution in [1.29, 1.82) is 0 Å². The number of phenols is 1. The number of aromatic hydroxyl groups is 1. The van der Waals surface area contributed by atoms with Crippen LogP contribution >= 0.6 is 0 Å². The van der Waals surface area contributed by atoms with Crippen LogP contribution in [0.2, 0.25) is 0 Å². The number of fused-ring (bicyclic) bond motifs is 1. The van der Waals surface area contributed by atoms with Gasteiger partial charge in [-0.2, -0.15) is 0 Å². The van der Waals surface area contributed by atoms with Gasteiger partial charge in [-0.3, -0.25) is 4.79 Å². The highest BCUT2D eigenvalue weighted by atomic mass is 16.5. The summed E-state index contributed by atoms with van der Waals surface area (Å²) >= 11 is 0. The van der Waals surface area contributed by atoms with E-state index >= 15 is 0 Å². The van der Waals surface area contributed by atoms with Crippen molar-refractivity contribution in [3.8, 4) is 11.5 Å². The SMILES string of the molecule is CCOC(=O)Cc1ccccc1OCc1coc2cc(O)ccc12. The van der Waals surface area contributed by atoms with Gasteiger partial charge < -0.3 is 19.0 Å². The maximum atomic E-state index is 11.7. The Kier molecular flexibility index (Phi) is 4.70. The number of benzene rings is 2. The number of hydrogen-bond donors (Lipinski definition) is 1. The number of para-hydroxylation sites is 1. The van der Waals surface area contributed by atoms with E-state index in [-0.39, 0.29) is 18.1 Å². The van der Waals surface area contributed by atoms with Crippen molar-refractivity contribution in [2.75, 3.05) is 6.61 Å². The fourth-order valence-electron chi connectivity index (χ4n) is 2.50. The second kappa shape index (κ2) is 7.08. The van der Waals surface area contributed by atoms with Crippen LogP contribution in [0.4, 0.5) is 0 Å². The molecule has 0 atom stereocenters. The average Bonchev–Trinajstić information content (AvgIpc) is 2.96. The number of phenolic OH excluding ortho intramolecular Hbond substituents is 1. The highest BCUT2D eigenvalue weighted by Crippen LogP contribution is 2.27. The molecule has 0 amide bonds. The lowest BCUT2D eigenvalue weighted by Crippen LogP contribution is -2.09. The third-order valence-corrected chi connectivity index (χ3v) is 3.64. The van der Waals surface area contributed by atoms with Gasteiger partial charge in [-0.25, -0.2) is 0 Å². The molecule has 5 nitrogen and oxygen atoms in total. The Morgan fingerprint density at radius 3 is 2.83 bits per heavy atom. The second-order valence-electron chi connectivity index (χ2n) is 5.32. The van der Waals surface area contributed by atoms with Crippen molar-refractivity contribution in [2.45, 2.75) is 20.0 Å². The van der Waals surface area contributed by atoms with Crippen molar-refractivity contribution in [1.82, 2.24) is 0 Å². The van der Waals surface area contributed by atoms with Crippen LogP contribution in [-0.2, 0) is 22.6 Å². The molecule has 0 aliphatic heterocycles. The van der Waals surface area contributed by atoms with E-state index in [1.807, 2.05) is 24.3 Å². The van der Waals surface area contributed by atoms with Gasteiger partial charge >= 0.3 is 5.97 Å². The predicted molar refractivity (Wildman–Crippen MR) is 89.0 cm³/mol. The monoisotopic (exact) mass is 326 g/mol. The van der Waals surface area contributed by atoms with Crippen LogP contribution in [0.15, 0.2) is 53.1 Å². The standard InChI is InChI=1S/C19H18O5/c1-2-22-19(21)9-13-5-3-4-6-17(13)23-11-14-12-24-18-10-15(20)7-8-16(14)18/h3-8,10,12,20H,2,9,11H2,1H3. The molecule has 1 aromatic heterocycles. The van der Waals surface area contributed by atoms with Gasteiger partial charge in [0.05, 0.1) is 19.3 Å². The Morgan fingerprint density at radius 2 is 2.00 bits per heavy atom. The molecule has 3 rings (SSSR count). The van der Waals surface area contributed by atoms with Crippen LogP contribution in [-0.4, -0.2) is 17.7 Å². The highest BCUT2D eigenvalue weighted by molar-refractivity contribution is 5.82. The smallest absolute Gasteiger partial charge is 0.310 e. The van der Waals surface area contributed by atoms with Crippen molar-refractivity contribution < 1.29 is 23.8 Å². The Bertz CT molecular complexity index is 850. The van der Waals surface area contributed by atoms with E-state index in [4.69, 9.17) is 13.9 Å². The van der Waals surface area contributed by atoms with Crippen LogP contribution in [0.1, 0.15) is 18.1 Å². The minimum atomic E-state index is -0.280. The van der Waals surface area contributed by atoms with E-state index in [0.29, 0.717) is 24.5 Å². The van der Waals surface area contributed by atoms with Crippen LogP contribution in [0.3, 0.4) is 0 Å². The molecule has 0 aliphatic rings. The van der Waals surface area contributed by atoms with Crippen LogP contribution < -0.4 is 4.74 Å². The van der Waals surface area contributed by atoms with E-state index < -0.39 is 0 Å². The van der Waals surface area contributed by atoms with Gasteiger partial charge in [0.1, 0.15) is 23.7 Å². The molecule has 0 fully saturated rings. The van der Waals surface area contributed by atoms with E-state index in [0.717, 1.165) is 16.5 Å². The Balaban J connectivity index is 1.75. The molecule has 0 saturated heterocycles. The van der Waals surface area contributed by atoms with Crippen LogP contribution in [0, 0.1) is 0 Å². The summed E-state index contributed by atoms with van der Waals surface area (Å²) in [6, 6.07) is 12.3. The summed E-state index contributed by atoms with van der Waals surface area (Å²) < 4.78 is 16.3. The molecule has 5 heteroatoms. The summed E-state index contributed by atoms with van der Waals surface area (Å²) in [7, 11) is 0. The van der Waals surface area contributed by atoms with Crippen molar-refractivity contribution in [3.05, 3.63) is 59.9 Å². The molecule has 0 spiro atoms. The topological polar surface area (TPSA) is 68.9 Å². The zero-order valence-electron chi connectivity index (χ0n) is 13.3. The number of ether oxygens (including phenoxy) is 2. The number of carbonyl (C=O) groups excluding carboxylic acids is 1. The van der Waals surface area contributed by atoms with Gasteiger partial charge in [-0.15, -0.1) is 0 Å². The van der Waals surface area contributed by atoms with Crippen LogP contribution in [0.5, 0.6) is 11.5 Å². The van der Waals surface area contributed by atoms with Crippen molar-refractivity contribution >= 4 is 16.9 Å². The summed E-state index contributed by atoms with van der Waals surface area (Å²) in [5, 5.41) is 10.4. The van der Waals surface area contributed by atoms with E-state index in [1.54, 1.807) is 31.4 Å². The summed E-state index contributed by atoms with van der Waals surface area (Å²) in [6.07, 6.45) is 1.78. The largest absolute Gasteiger partial charge is 0.508 e. The highest BCUT2D eigenvalue weighted by Gasteiger charge is 2.11. The first-order chi connectivity index (χ1) is 11.7. The molecule has 1 N–H and O–H groups in total. The summed E-state index contributed by atoms with van der Waals surface area (Å²) in [5.41, 5.74) is 2.26. The zero-order valence-corrected chi connectivity index (χ0v) is 13.3. The summed E-state index contributed by atoms with van der Waals surface area (Å²) in [6.45, 7) is 2.44. The molecule has 0 radical (unpaired) electrons. The van der Waals surface area contributed by atoms with Gasteiger partial charge in [0, 0.05) is 22.6 Å². The first-order valence-corrected chi connectivity index (χ1v) is 7.72. The van der Waals surface area contributed by atoms with Gasteiger partial charge in [0.15, 0.2) is 0 Å². The lowest BCUT2D eigenvalue weighted by Gasteiger charge is -2.10. The van der Waals surface area contributed by atoms with Gasteiger partial charge in [-0.05, 0) is 25.1 Å². The molecule has 124 valence electrons. The molecule has 24 heavy (non-hydrogen) atoms. The maximum Gasteiger partial charge on any atom is 0.310 e. The zero-order chi connectivity index (χ0) is 16.9. The number of rotatable bonds is 6. The number of carbonyl (C=O) groups is 1. The van der Waals surface area contributed by atoms with Crippen molar-refractivity contribution in [3.63, 3.8) is 0 Å². The Morgan fingerprint density at radius 1 is 1.17 bits per heavy atom. The summed E-state index contributed by atoms with van der Waals surface area (Å²) in [4.78, 5) is 11.7. The normalized spacial score (nSPS) is 10.7. The molecular formula is C19H18O5. The number of esters is 1. The van der Waals surface area contributed by atoms with E-state index in [9.17, 15) is 9.90 Å². The number of hydrogen-bond acceptors (Lipinski definition) is 5. The van der Waals surface area contributed by atoms with Crippen LogP contribution in [0.25, 0.3) is 11.0 Å². The second-order valence-corrected chi connectivity index (χ2v) is 5.32. The third kappa shape index (κ3) is 3.51. The molecule has 0 saturated carbocycles. The minimum absolute atomic E-state index is 0.157. The minimum Gasteiger partial charge on any atom is -0.508 e. The first-order valence-electron chi connectivity index (χ1n) is 7.72. The molecular weight excluding hydrogens is 308 g/mol. The third-order valence-electron chi connectivity index (χ3n) is 3.64. The average molecular weight is 326 g/mol. The van der Waals surface area contributed by atoms with Gasteiger partial charge in [-0.1, -0.05) is 18.2 Å².